The molecule has 5 N–H and O–H groups in total. The van der Waals surface area contributed by atoms with Gasteiger partial charge in [0.25, 0.3) is 11.8 Å². The molecule has 0 aromatic carbocycles. The van der Waals surface area contributed by atoms with Crippen LogP contribution < -0.4 is 5.32 Å². The van der Waals surface area contributed by atoms with Gasteiger partial charge in [-0.1, -0.05) is 40.0 Å². The quantitative estimate of drug-likeness (QED) is 0.141. The van der Waals surface area contributed by atoms with Gasteiger partial charge in [0.05, 0.1) is 6.04 Å². The monoisotopic (exact) mass is 573 g/mol. The number of aliphatic hydroxyl groups excluding tert-OH is 2. The Kier molecular flexibility index (Phi) is 13.3. The van der Waals surface area contributed by atoms with Crippen molar-refractivity contribution in [2.75, 3.05) is 21.1 Å². The fourth-order valence-electron chi connectivity index (χ4n) is 4.96. The van der Waals surface area contributed by atoms with Gasteiger partial charge in [-0.05, 0) is 47.1 Å². The van der Waals surface area contributed by atoms with Gasteiger partial charge >= 0.3 is 5.97 Å². The van der Waals surface area contributed by atoms with E-state index in [1.807, 2.05) is 0 Å². The van der Waals surface area contributed by atoms with E-state index in [2.05, 4.69) is 5.32 Å². The normalized spacial score (nSPS) is 19.0. The highest BCUT2D eigenvalue weighted by molar-refractivity contribution is 6.30. The maximum atomic E-state index is 15.2. The topological polar surface area (TPSA) is 202 Å². The lowest BCUT2D eigenvalue weighted by molar-refractivity contribution is -0.180. The predicted octanol–water partition coefficient (Wildman–Crippen LogP) is -0.470. The molecule has 230 valence electrons. The minimum atomic E-state index is -3.22. The number of nitrogens with one attached hydrogen (secondary N) is 1. The third-order valence-electron chi connectivity index (χ3n) is 7.85. The molecule has 13 heteroatoms. The molecule has 2 amide bonds. The molecule has 0 heterocycles. The van der Waals surface area contributed by atoms with Crippen molar-refractivity contribution in [3.63, 3.8) is 0 Å². The third-order valence-corrected chi connectivity index (χ3v) is 7.85. The number of nitrogens with zero attached hydrogens (tertiary/aromatic N) is 2. The van der Waals surface area contributed by atoms with Crippen molar-refractivity contribution in [3.05, 3.63) is 0 Å². The SMILES string of the molecule is CCCC[C@](C(=O)[C@](C)(O)C(=O)O)(C(=O)[C@](C(=O)[C@H](C)NC)([C@@H](C)CC)N(C)C(=O)[C@@H](C)O)N(C)C(=O)[C@@H](C)O. The van der Waals surface area contributed by atoms with E-state index in [9.17, 15) is 44.4 Å². The molecule has 0 aliphatic rings. The van der Waals surface area contributed by atoms with Crippen molar-refractivity contribution in [1.82, 2.24) is 15.1 Å². The van der Waals surface area contributed by atoms with Crippen molar-refractivity contribution in [1.29, 1.82) is 0 Å². The Morgan fingerprint density at radius 1 is 0.850 bits per heavy atom. The molecule has 0 fully saturated rings. The summed E-state index contributed by atoms with van der Waals surface area (Å²) < 4.78 is 0. The van der Waals surface area contributed by atoms with E-state index >= 15 is 4.79 Å². The van der Waals surface area contributed by atoms with Crippen molar-refractivity contribution in [2.45, 2.75) is 109 Å². The second-order valence-corrected chi connectivity index (χ2v) is 10.6. The fourth-order valence-corrected chi connectivity index (χ4v) is 4.96. The minimum Gasteiger partial charge on any atom is -0.479 e. The number of carbonyl (C=O) groups is 6. The van der Waals surface area contributed by atoms with Gasteiger partial charge in [0.15, 0.2) is 22.6 Å². The lowest BCUT2D eigenvalue weighted by Gasteiger charge is -2.52. The highest BCUT2D eigenvalue weighted by atomic mass is 16.4. The summed E-state index contributed by atoms with van der Waals surface area (Å²) in [7, 11) is 3.54. The van der Waals surface area contributed by atoms with E-state index < -0.39 is 82.4 Å². The van der Waals surface area contributed by atoms with Gasteiger partial charge < -0.3 is 35.5 Å². The van der Waals surface area contributed by atoms with Crippen LogP contribution in [0.25, 0.3) is 0 Å². The number of carboxylic acid groups (broad SMARTS) is 1. The number of carboxylic acids is 1. The first-order valence-corrected chi connectivity index (χ1v) is 13.4. The number of aliphatic hydroxyl groups is 3. The molecule has 0 aliphatic heterocycles. The molecular formula is C27H47N3O10. The van der Waals surface area contributed by atoms with Gasteiger partial charge in [-0.15, -0.1) is 0 Å². The lowest BCUT2D eigenvalue weighted by atomic mass is 9.63. The molecule has 0 saturated heterocycles. The largest absolute Gasteiger partial charge is 0.479 e. The van der Waals surface area contributed by atoms with Crippen molar-refractivity contribution < 1.29 is 49.2 Å². The zero-order valence-corrected chi connectivity index (χ0v) is 25.3. The zero-order chi connectivity index (χ0) is 32.0. The molecule has 13 nitrogen and oxygen atoms in total. The maximum Gasteiger partial charge on any atom is 0.343 e. The molecule has 0 aromatic rings. The van der Waals surface area contributed by atoms with Crippen LogP contribution in [0.1, 0.15) is 74.1 Å². The number of ketones is 3. The molecule has 0 radical (unpaired) electrons. The van der Waals surface area contributed by atoms with Crippen LogP contribution in [-0.2, 0) is 28.8 Å². The summed E-state index contributed by atoms with van der Waals surface area (Å²) in [5, 5.41) is 43.7. The Balaban J connectivity index is 8.39. The lowest BCUT2D eigenvalue weighted by Crippen LogP contribution is -2.78. The number of amides is 2. The van der Waals surface area contributed by atoms with Crippen LogP contribution >= 0.6 is 0 Å². The van der Waals surface area contributed by atoms with Gasteiger partial charge in [0.2, 0.25) is 11.4 Å². The molecule has 0 aliphatic carbocycles. The first-order chi connectivity index (χ1) is 18.2. The maximum absolute atomic E-state index is 15.2. The first kappa shape index (κ1) is 37.3. The summed E-state index contributed by atoms with van der Waals surface area (Å²) in [5.74, 6) is -9.07. The van der Waals surface area contributed by atoms with Crippen LogP contribution in [0.15, 0.2) is 0 Å². The summed E-state index contributed by atoms with van der Waals surface area (Å²) >= 11 is 0. The number of hydrogen-bond donors (Lipinski definition) is 5. The van der Waals surface area contributed by atoms with E-state index in [1.54, 1.807) is 13.8 Å². The molecule has 0 saturated carbocycles. The molecular weight excluding hydrogens is 526 g/mol. The van der Waals surface area contributed by atoms with Gasteiger partial charge in [-0.25, -0.2) is 4.79 Å². The van der Waals surface area contributed by atoms with E-state index in [4.69, 9.17) is 0 Å². The van der Waals surface area contributed by atoms with Crippen LogP contribution in [0.3, 0.4) is 0 Å². The molecule has 0 rings (SSSR count). The second kappa shape index (κ2) is 14.2. The van der Waals surface area contributed by atoms with Crippen molar-refractivity contribution in [2.24, 2.45) is 5.92 Å². The molecule has 0 unspecified atom stereocenters. The van der Waals surface area contributed by atoms with Gasteiger partial charge in [0, 0.05) is 14.1 Å². The fraction of sp³-hybridized carbons (Fsp3) is 0.778. The number of aliphatic carboxylic acids is 1. The Labute approximate surface area is 235 Å². The summed E-state index contributed by atoms with van der Waals surface area (Å²) in [5.41, 5.74) is -8.58. The summed E-state index contributed by atoms with van der Waals surface area (Å²) in [6.45, 7) is 9.08. The highest BCUT2D eigenvalue weighted by Gasteiger charge is 2.68. The molecule has 0 spiro atoms. The number of rotatable bonds is 17. The number of hydrogen-bond acceptors (Lipinski definition) is 10. The summed E-state index contributed by atoms with van der Waals surface area (Å²) in [4.78, 5) is 83.5. The summed E-state index contributed by atoms with van der Waals surface area (Å²) in [6.07, 6.45) is -3.50. The third kappa shape index (κ3) is 6.42. The smallest absolute Gasteiger partial charge is 0.343 e. The zero-order valence-electron chi connectivity index (χ0n) is 25.3. The van der Waals surface area contributed by atoms with Gasteiger partial charge in [-0.3, -0.25) is 24.0 Å². The Morgan fingerprint density at radius 2 is 1.30 bits per heavy atom. The Morgan fingerprint density at radius 3 is 1.65 bits per heavy atom. The molecule has 0 aromatic heterocycles. The van der Waals surface area contributed by atoms with Crippen molar-refractivity contribution in [3.8, 4) is 0 Å². The van der Waals surface area contributed by atoms with Crippen LogP contribution in [-0.4, -0.2) is 121 Å². The van der Waals surface area contributed by atoms with Gasteiger partial charge in [0.1, 0.15) is 12.2 Å². The molecule has 0 bridgehead atoms. The predicted molar refractivity (Wildman–Crippen MR) is 145 cm³/mol. The minimum absolute atomic E-state index is 0.0467. The molecule has 7 atom stereocenters. The van der Waals surface area contributed by atoms with E-state index in [0.717, 1.165) is 32.8 Å². The highest BCUT2D eigenvalue weighted by Crippen LogP contribution is 2.41. The van der Waals surface area contributed by atoms with Gasteiger partial charge in [-0.2, -0.15) is 0 Å². The average molecular weight is 574 g/mol. The number of carbonyl (C=O) groups excluding carboxylic acids is 5. The Hall–Kier alpha value is -2.74. The number of unbranched alkanes of at least 4 members (excludes halogenated alkanes) is 1. The van der Waals surface area contributed by atoms with Crippen molar-refractivity contribution >= 4 is 35.1 Å². The number of likely N-dealkylation sites (N-methyl/N-ethyl adjacent to an activating group) is 3. The number of Topliss-reactive ketones (excluding diaryl/α,β-unsaturated/α-hetero) is 3. The first-order valence-electron chi connectivity index (χ1n) is 13.4. The van der Waals surface area contributed by atoms with Crippen LogP contribution in [0.2, 0.25) is 0 Å². The van der Waals surface area contributed by atoms with Crippen LogP contribution in [0.4, 0.5) is 0 Å². The van der Waals surface area contributed by atoms with E-state index in [-0.39, 0.29) is 12.8 Å². The van der Waals surface area contributed by atoms with E-state index in [0.29, 0.717) is 18.2 Å². The second-order valence-electron chi connectivity index (χ2n) is 10.6. The average Bonchev–Trinajstić information content (AvgIpc) is 2.90. The Bertz CT molecular complexity index is 980. The van der Waals surface area contributed by atoms with E-state index in [1.165, 1.54) is 20.9 Å². The van der Waals surface area contributed by atoms with Crippen LogP contribution in [0.5, 0.6) is 0 Å². The molecule has 40 heavy (non-hydrogen) atoms. The standard InChI is InChI=1S/C27H47N3O10/c1-11-13-14-26(29(9)20(34)17(5)31,22(36)25(7,40)24(38)39)23(37)27(15(3)12-2,19(33)16(4)28-8)30(10)21(35)18(6)32/h15-18,28,31-32,40H,11-14H2,1-10H3,(H,38,39)/t15-,16-,17+,18+,25-,26-,27+/m0/s1. The van der Waals surface area contributed by atoms with Crippen LogP contribution in [0, 0.1) is 5.92 Å². The summed E-state index contributed by atoms with van der Waals surface area (Å²) in [6, 6.07) is -1.10.